The van der Waals surface area contributed by atoms with Gasteiger partial charge in [-0.3, -0.25) is 4.98 Å². The van der Waals surface area contributed by atoms with Crippen molar-refractivity contribution in [1.29, 1.82) is 0 Å². The number of urea groups is 1. The van der Waals surface area contributed by atoms with E-state index in [4.69, 9.17) is 23.2 Å². The third kappa shape index (κ3) is 4.37. The largest absolute Gasteiger partial charge is 0.331 e. The SMILES string of the molecule is C[C@H](NC(=O)N(C)C1CCN(C)C1)c1ccc(-c2cncc(F)n2)c(Cl)c1Cl. The van der Waals surface area contributed by atoms with Gasteiger partial charge < -0.3 is 15.1 Å². The van der Waals surface area contributed by atoms with Crippen LogP contribution in [-0.4, -0.2) is 59.0 Å². The lowest BCUT2D eigenvalue weighted by Gasteiger charge is -2.27. The van der Waals surface area contributed by atoms with Gasteiger partial charge in [-0.05, 0) is 32.5 Å². The minimum absolute atomic E-state index is 0.167. The lowest BCUT2D eigenvalue weighted by Crippen LogP contribution is -2.45. The van der Waals surface area contributed by atoms with Crippen molar-refractivity contribution in [3.05, 3.63) is 46.1 Å². The Kier molecular flexibility index (Phi) is 6.37. The molecular weight excluding hydrogens is 404 g/mol. The molecule has 1 aliphatic rings. The highest BCUT2D eigenvalue weighted by molar-refractivity contribution is 6.44. The Morgan fingerprint density at radius 2 is 2.11 bits per heavy atom. The van der Waals surface area contributed by atoms with Gasteiger partial charge in [-0.15, -0.1) is 0 Å². The monoisotopic (exact) mass is 425 g/mol. The number of amides is 2. The predicted molar refractivity (Wildman–Crippen MR) is 108 cm³/mol. The Balaban J connectivity index is 1.76. The minimum atomic E-state index is -0.699. The maximum absolute atomic E-state index is 13.4. The fraction of sp³-hybridized carbons (Fsp3) is 0.421. The van der Waals surface area contributed by atoms with Crippen molar-refractivity contribution < 1.29 is 9.18 Å². The summed E-state index contributed by atoms with van der Waals surface area (Å²) in [5, 5.41) is 3.50. The number of benzene rings is 1. The number of hydrogen-bond donors (Lipinski definition) is 1. The van der Waals surface area contributed by atoms with Gasteiger partial charge in [0.25, 0.3) is 0 Å². The van der Waals surface area contributed by atoms with Crippen LogP contribution in [0.5, 0.6) is 0 Å². The molecule has 0 aliphatic carbocycles. The molecule has 150 valence electrons. The molecule has 0 radical (unpaired) electrons. The minimum Gasteiger partial charge on any atom is -0.331 e. The van der Waals surface area contributed by atoms with Gasteiger partial charge in [-0.2, -0.15) is 4.39 Å². The highest BCUT2D eigenvalue weighted by atomic mass is 35.5. The Labute approximate surface area is 173 Å². The Bertz CT molecular complexity index is 881. The molecule has 0 saturated carbocycles. The molecule has 2 aromatic rings. The van der Waals surface area contributed by atoms with Gasteiger partial charge in [-0.25, -0.2) is 9.78 Å². The molecule has 0 bridgehead atoms. The summed E-state index contributed by atoms with van der Waals surface area (Å²) in [6, 6.07) is 3.12. The molecule has 9 heteroatoms. The second kappa shape index (κ2) is 8.59. The first-order valence-electron chi connectivity index (χ1n) is 8.95. The van der Waals surface area contributed by atoms with Crippen LogP contribution in [0.15, 0.2) is 24.5 Å². The number of carbonyl (C=O) groups is 1. The highest BCUT2D eigenvalue weighted by Crippen LogP contribution is 2.37. The van der Waals surface area contributed by atoms with E-state index in [0.29, 0.717) is 21.8 Å². The fourth-order valence-electron chi connectivity index (χ4n) is 3.33. The average molecular weight is 426 g/mol. The smallest absolute Gasteiger partial charge is 0.317 e. The summed E-state index contributed by atoms with van der Waals surface area (Å²) < 4.78 is 13.4. The Hall–Kier alpha value is -1.96. The molecule has 1 aliphatic heterocycles. The number of halogens is 3. The predicted octanol–water partition coefficient (Wildman–Crippen LogP) is 4.00. The molecule has 28 heavy (non-hydrogen) atoms. The van der Waals surface area contributed by atoms with Crippen LogP contribution >= 0.6 is 23.2 Å². The molecule has 2 heterocycles. The quantitative estimate of drug-likeness (QED) is 0.803. The molecule has 2 atom stereocenters. The molecule has 3 rings (SSSR count). The summed E-state index contributed by atoms with van der Waals surface area (Å²) in [5.41, 5.74) is 1.44. The van der Waals surface area contributed by atoms with E-state index in [1.165, 1.54) is 6.20 Å². The number of rotatable bonds is 4. The number of carbonyl (C=O) groups excluding carboxylic acids is 1. The van der Waals surface area contributed by atoms with Crippen LogP contribution in [-0.2, 0) is 0 Å². The van der Waals surface area contributed by atoms with Crippen molar-refractivity contribution in [2.75, 3.05) is 27.2 Å². The summed E-state index contributed by atoms with van der Waals surface area (Å²) in [4.78, 5) is 24.1. The molecule has 0 spiro atoms. The molecule has 1 aromatic heterocycles. The molecule has 6 nitrogen and oxygen atoms in total. The topological polar surface area (TPSA) is 61.4 Å². The second-order valence-electron chi connectivity index (χ2n) is 7.04. The summed E-state index contributed by atoms with van der Waals surface area (Å²) in [6.07, 6.45) is 3.38. The second-order valence-corrected chi connectivity index (χ2v) is 7.80. The van der Waals surface area contributed by atoms with Crippen molar-refractivity contribution in [3.8, 4) is 11.3 Å². The van der Waals surface area contributed by atoms with Crippen molar-refractivity contribution in [3.63, 3.8) is 0 Å². The van der Waals surface area contributed by atoms with E-state index in [1.807, 2.05) is 14.0 Å². The zero-order valence-electron chi connectivity index (χ0n) is 15.9. The molecule has 2 amide bonds. The maximum atomic E-state index is 13.4. The van der Waals surface area contributed by atoms with Gasteiger partial charge in [0.1, 0.15) is 0 Å². The van der Waals surface area contributed by atoms with Crippen molar-refractivity contribution in [1.82, 2.24) is 25.1 Å². The summed E-state index contributed by atoms with van der Waals surface area (Å²) in [7, 11) is 3.84. The van der Waals surface area contributed by atoms with Crippen LogP contribution in [0.4, 0.5) is 9.18 Å². The zero-order chi connectivity index (χ0) is 20.4. The molecule has 1 fully saturated rings. The number of nitrogens with zero attached hydrogens (tertiary/aromatic N) is 4. The fourth-order valence-corrected chi connectivity index (χ4v) is 3.92. The van der Waals surface area contributed by atoms with Crippen molar-refractivity contribution in [2.45, 2.75) is 25.4 Å². The van der Waals surface area contributed by atoms with Gasteiger partial charge in [0.2, 0.25) is 5.95 Å². The molecule has 1 saturated heterocycles. The third-order valence-corrected chi connectivity index (χ3v) is 5.93. The molecule has 1 N–H and O–H groups in total. The number of likely N-dealkylation sites (N-methyl/N-ethyl adjacent to an activating group) is 2. The number of aromatic nitrogens is 2. The number of likely N-dealkylation sites (tertiary alicyclic amines) is 1. The van der Waals surface area contributed by atoms with E-state index in [-0.39, 0.29) is 23.1 Å². The van der Waals surface area contributed by atoms with Gasteiger partial charge in [-0.1, -0.05) is 35.3 Å². The van der Waals surface area contributed by atoms with Crippen LogP contribution in [0.1, 0.15) is 24.9 Å². The maximum Gasteiger partial charge on any atom is 0.317 e. The lowest BCUT2D eigenvalue weighted by molar-refractivity contribution is 0.187. The Morgan fingerprint density at radius 1 is 1.36 bits per heavy atom. The first-order valence-corrected chi connectivity index (χ1v) is 9.71. The first-order chi connectivity index (χ1) is 13.3. The third-order valence-electron chi connectivity index (χ3n) is 5.03. The normalized spacial score (nSPS) is 18.1. The highest BCUT2D eigenvalue weighted by Gasteiger charge is 2.27. The van der Waals surface area contributed by atoms with Crippen LogP contribution < -0.4 is 5.32 Å². The van der Waals surface area contributed by atoms with Crippen LogP contribution in [0.2, 0.25) is 10.0 Å². The van der Waals surface area contributed by atoms with Crippen LogP contribution in [0, 0.1) is 5.95 Å². The van der Waals surface area contributed by atoms with Crippen LogP contribution in [0.25, 0.3) is 11.3 Å². The lowest BCUT2D eigenvalue weighted by atomic mass is 10.0. The number of hydrogen-bond acceptors (Lipinski definition) is 4. The molecule has 1 unspecified atom stereocenters. The van der Waals surface area contributed by atoms with E-state index < -0.39 is 5.95 Å². The standard InChI is InChI=1S/C19H22Cl2FN5O/c1-11(24-19(28)27(3)12-6-7-26(2)10-12)13-4-5-14(18(21)17(13)20)15-8-23-9-16(22)25-15/h4-5,8-9,11-12H,6-7,10H2,1-3H3,(H,24,28)/t11-,12?/m0/s1. The summed E-state index contributed by atoms with van der Waals surface area (Å²) in [5.74, 6) is -0.699. The zero-order valence-corrected chi connectivity index (χ0v) is 17.4. The Morgan fingerprint density at radius 3 is 2.75 bits per heavy atom. The van der Waals surface area contributed by atoms with Crippen LogP contribution in [0.3, 0.4) is 0 Å². The summed E-state index contributed by atoms with van der Waals surface area (Å²) >= 11 is 12.8. The van der Waals surface area contributed by atoms with Gasteiger partial charge in [0.15, 0.2) is 0 Å². The van der Waals surface area contributed by atoms with E-state index in [0.717, 1.165) is 25.7 Å². The van der Waals surface area contributed by atoms with E-state index >= 15 is 0 Å². The van der Waals surface area contributed by atoms with E-state index in [2.05, 4.69) is 20.2 Å². The van der Waals surface area contributed by atoms with Gasteiger partial charge in [0.05, 0.1) is 34.2 Å². The number of nitrogens with one attached hydrogen (secondary N) is 1. The molecular formula is C19H22Cl2FN5O. The first kappa shape index (κ1) is 20.8. The van der Waals surface area contributed by atoms with E-state index in [9.17, 15) is 9.18 Å². The van der Waals surface area contributed by atoms with Crippen molar-refractivity contribution in [2.24, 2.45) is 0 Å². The van der Waals surface area contributed by atoms with Gasteiger partial charge in [0, 0.05) is 25.2 Å². The van der Waals surface area contributed by atoms with Crippen molar-refractivity contribution >= 4 is 29.2 Å². The average Bonchev–Trinajstić information content (AvgIpc) is 3.09. The summed E-state index contributed by atoms with van der Waals surface area (Å²) in [6.45, 7) is 3.67. The molecule has 1 aromatic carbocycles. The van der Waals surface area contributed by atoms with E-state index in [1.54, 1.807) is 24.1 Å². The van der Waals surface area contributed by atoms with Gasteiger partial charge >= 0.3 is 6.03 Å².